The molecule has 2 rings (SSSR count). The summed E-state index contributed by atoms with van der Waals surface area (Å²) in [7, 11) is 0. The van der Waals surface area contributed by atoms with E-state index in [2.05, 4.69) is 61.4 Å². The Balaban J connectivity index is 2.12. The molecule has 1 aromatic carbocycles. The molecule has 0 aliphatic heterocycles. The van der Waals surface area contributed by atoms with E-state index < -0.39 is 0 Å². The molecule has 0 spiro atoms. The zero-order chi connectivity index (χ0) is 13.0. The lowest BCUT2D eigenvalue weighted by molar-refractivity contribution is 0.856. The first-order valence-electron chi connectivity index (χ1n) is 6.43. The third kappa shape index (κ3) is 3.10. The fraction of sp³-hybridized carbons (Fsp3) is 0.312. The average molecular weight is 240 g/mol. The maximum Gasteiger partial charge on any atom is 0.0500 e. The van der Waals surface area contributed by atoms with Crippen molar-refractivity contribution in [2.45, 2.75) is 32.7 Å². The first-order valence-corrected chi connectivity index (χ1v) is 6.43. The molecule has 0 saturated heterocycles. The van der Waals surface area contributed by atoms with Crippen molar-refractivity contribution < 1.29 is 0 Å². The molecule has 0 radical (unpaired) electrons. The van der Waals surface area contributed by atoms with Crippen molar-refractivity contribution >= 4 is 5.69 Å². The van der Waals surface area contributed by atoms with E-state index in [1.165, 1.54) is 11.1 Å². The molecule has 2 aromatic rings. The van der Waals surface area contributed by atoms with Crippen LogP contribution >= 0.6 is 0 Å². The monoisotopic (exact) mass is 240 g/mol. The van der Waals surface area contributed by atoms with Gasteiger partial charge in [0.15, 0.2) is 0 Å². The number of aromatic nitrogens is 1. The first kappa shape index (κ1) is 12.6. The van der Waals surface area contributed by atoms with Crippen LogP contribution in [0.3, 0.4) is 0 Å². The van der Waals surface area contributed by atoms with Crippen LogP contribution in [0.25, 0.3) is 0 Å². The molecule has 1 aromatic heterocycles. The number of benzene rings is 1. The van der Waals surface area contributed by atoms with E-state index in [9.17, 15) is 0 Å². The van der Waals surface area contributed by atoms with Crippen molar-refractivity contribution in [1.82, 2.24) is 4.98 Å². The molecular formula is C16H20N2. The van der Waals surface area contributed by atoms with Crippen LogP contribution in [0.2, 0.25) is 0 Å². The summed E-state index contributed by atoms with van der Waals surface area (Å²) in [5.74, 6) is 0.556. The predicted molar refractivity (Wildman–Crippen MR) is 76.8 cm³/mol. The molecule has 0 bridgehead atoms. The molecular weight excluding hydrogens is 220 g/mol. The van der Waals surface area contributed by atoms with Gasteiger partial charge in [-0.25, -0.2) is 0 Å². The summed E-state index contributed by atoms with van der Waals surface area (Å²) < 4.78 is 0. The van der Waals surface area contributed by atoms with Crippen molar-refractivity contribution in [1.29, 1.82) is 0 Å². The fourth-order valence-corrected chi connectivity index (χ4v) is 1.95. The minimum absolute atomic E-state index is 0.265. The molecule has 18 heavy (non-hydrogen) atoms. The third-order valence-electron chi connectivity index (χ3n) is 3.12. The number of anilines is 1. The van der Waals surface area contributed by atoms with Crippen LogP contribution in [-0.2, 0) is 0 Å². The number of nitrogens with one attached hydrogen (secondary N) is 1. The number of hydrogen-bond donors (Lipinski definition) is 1. The second-order valence-corrected chi connectivity index (χ2v) is 4.93. The van der Waals surface area contributed by atoms with Gasteiger partial charge in [-0.1, -0.05) is 32.0 Å². The maximum atomic E-state index is 4.15. The van der Waals surface area contributed by atoms with Crippen LogP contribution in [0, 0.1) is 0 Å². The number of pyridine rings is 1. The Morgan fingerprint density at radius 3 is 2.44 bits per heavy atom. The number of nitrogens with zero attached hydrogens (tertiary/aromatic N) is 1. The van der Waals surface area contributed by atoms with Gasteiger partial charge >= 0.3 is 0 Å². The molecule has 2 heteroatoms. The molecule has 0 aliphatic rings. The Hall–Kier alpha value is -1.83. The topological polar surface area (TPSA) is 24.9 Å². The highest BCUT2D eigenvalue weighted by molar-refractivity contribution is 5.48. The molecule has 2 nitrogen and oxygen atoms in total. The molecule has 0 amide bonds. The lowest BCUT2D eigenvalue weighted by atomic mass is 10.0. The smallest absolute Gasteiger partial charge is 0.0500 e. The Kier molecular flexibility index (Phi) is 3.98. The zero-order valence-electron chi connectivity index (χ0n) is 11.2. The normalized spacial score (nSPS) is 12.4. The fourth-order valence-electron chi connectivity index (χ4n) is 1.95. The summed E-state index contributed by atoms with van der Waals surface area (Å²) in [4.78, 5) is 4.15. The van der Waals surface area contributed by atoms with Gasteiger partial charge in [0.05, 0.1) is 6.04 Å². The zero-order valence-corrected chi connectivity index (χ0v) is 11.2. The number of rotatable bonds is 4. The van der Waals surface area contributed by atoms with Gasteiger partial charge < -0.3 is 5.32 Å². The minimum Gasteiger partial charge on any atom is -0.378 e. The van der Waals surface area contributed by atoms with E-state index in [-0.39, 0.29) is 6.04 Å². The molecule has 0 saturated carbocycles. The SMILES string of the molecule is CC(C)c1cccc(NC(C)c2cccnc2)c1. The van der Waals surface area contributed by atoms with Crippen LogP contribution in [0.4, 0.5) is 5.69 Å². The third-order valence-corrected chi connectivity index (χ3v) is 3.12. The Morgan fingerprint density at radius 1 is 1.00 bits per heavy atom. The van der Waals surface area contributed by atoms with Gasteiger partial charge in [0.1, 0.15) is 0 Å². The van der Waals surface area contributed by atoms with Gasteiger partial charge in [-0.2, -0.15) is 0 Å². The van der Waals surface area contributed by atoms with E-state index in [0.29, 0.717) is 5.92 Å². The van der Waals surface area contributed by atoms with E-state index in [0.717, 1.165) is 5.69 Å². The van der Waals surface area contributed by atoms with Crippen LogP contribution < -0.4 is 5.32 Å². The van der Waals surface area contributed by atoms with Crippen LogP contribution in [-0.4, -0.2) is 4.98 Å². The second kappa shape index (κ2) is 5.67. The predicted octanol–water partition coefficient (Wildman–Crippen LogP) is 4.38. The van der Waals surface area contributed by atoms with E-state index in [1.54, 1.807) is 6.20 Å². The number of hydrogen-bond acceptors (Lipinski definition) is 2. The quantitative estimate of drug-likeness (QED) is 0.858. The van der Waals surface area contributed by atoms with Crippen molar-refractivity contribution in [3.8, 4) is 0 Å². The van der Waals surface area contributed by atoms with Crippen LogP contribution in [0.5, 0.6) is 0 Å². The van der Waals surface area contributed by atoms with Gasteiger partial charge in [-0.15, -0.1) is 0 Å². The van der Waals surface area contributed by atoms with Gasteiger partial charge in [0.25, 0.3) is 0 Å². The first-order chi connectivity index (χ1) is 8.66. The molecule has 0 aliphatic carbocycles. The second-order valence-electron chi connectivity index (χ2n) is 4.93. The minimum atomic E-state index is 0.265. The summed E-state index contributed by atoms with van der Waals surface area (Å²) in [6, 6.07) is 12.9. The highest BCUT2D eigenvalue weighted by atomic mass is 14.9. The molecule has 94 valence electrons. The largest absolute Gasteiger partial charge is 0.378 e. The average Bonchev–Trinajstić information content (AvgIpc) is 2.40. The van der Waals surface area contributed by atoms with Gasteiger partial charge in [0, 0.05) is 18.1 Å². The van der Waals surface area contributed by atoms with Crippen LogP contribution in [0.15, 0.2) is 48.8 Å². The molecule has 1 atom stereocenters. The van der Waals surface area contributed by atoms with Gasteiger partial charge in [0.2, 0.25) is 0 Å². The lowest BCUT2D eigenvalue weighted by Gasteiger charge is -2.16. The van der Waals surface area contributed by atoms with E-state index in [1.807, 2.05) is 12.3 Å². The summed E-state index contributed by atoms with van der Waals surface area (Å²) in [5, 5.41) is 3.51. The van der Waals surface area contributed by atoms with Gasteiger partial charge in [-0.05, 0) is 42.2 Å². The van der Waals surface area contributed by atoms with Crippen molar-refractivity contribution in [3.63, 3.8) is 0 Å². The highest BCUT2D eigenvalue weighted by Crippen LogP contribution is 2.22. The van der Waals surface area contributed by atoms with Crippen molar-refractivity contribution in [3.05, 3.63) is 59.9 Å². The van der Waals surface area contributed by atoms with Gasteiger partial charge in [-0.3, -0.25) is 4.98 Å². The summed E-state index contributed by atoms with van der Waals surface area (Å²) >= 11 is 0. The van der Waals surface area contributed by atoms with E-state index >= 15 is 0 Å². The maximum absolute atomic E-state index is 4.15. The Morgan fingerprint density at radius 2 is 1.78 bits per heavy atom. The highest BCUT2D eigenvalue weighted by Gasteiger charge is 2.06. The Labute approximate surface area is 109 Å². The van der Waals surface area contributed by atoms with Crippen LogP contribution in [0.1, 0.15) is 43.9 Å². The standard InChI is InChI=1S/C16H20N2/c1-12(2)14-6-4-8-16(10-14)18-13(3)15-7-5-9-17-11-15/h4-13,18H,1-3H3. The van der Waals surface area contributed by atoms with Crippen molar-refractivity contribution in [2.75, 3.05) is 5.32 Å². The summed E-state index contributed by atoms with van der Waals surface area (Å²) in [5.41, 5.74) is 3.73. The Bertz CT molecular complexity index is 491. The summed E-state index contributed by atoms with van der Waals surface area (Å²) in [6.45, 7) is 6.58. The molecule has 1 unspecified atom stereocenters. The summed E-state index contributed by atoms with van der Waals surface area (Å²) in [6.07, 6.45) is 3.71. The van der Waals surface area contributed by atoms with E-state index in [4.69, 9.17) is 0 Å². The molecule has 0 fully saturated rings. The van der Waals surface area contributed by atoms with Crippen molar-refractivity contribution in [2.24, 2.45) is 0 Å². The lowest BCUT2D eigenvalue weighted by Crippen LogP contribution is -2.07. The molecule has 1 heterocycles. The molecule has 1 N–H and O–H groups in total.